The Hall–Kier alpha value is -3.80. The van der Waals surface area contributed by atoms with Gasteiger partial charge in [-0.15, -0.1) is 0 Å². The molecule has 0 saturated carbocycles. The zero-order chi connectivity index (χ0) is 20.4. The molecule has 0 aliphatic carbocycles. The summed E-state index contributed by atoms with van der Waals surface area (Å²) in [6, 6.07) is 16.8. The number of benzene rings is 2. The lowest BCUT2D eigenvalue weighted by atomic mass is 10.1. The number of carbonyl (C=O) groups excluding carboxylic acids is 1. The van der Waals surface area contributed by atoms with Crippen LogP contribution in [0.5, 0.6) is 11.5 Å². The Labute approximate surface area is 168 Å². The van der Waals surface area contributed by atoms with Crippen molar-refractivity contribution in [2.75, 3.05) is 19.5 Å². The lowest BCUT2D eigenvalue weighted by Crippen LogP contribution is -2.13. The van der Waals surface area contributed by atoms with E-state index < -0.39 is 0 Å². The minimum atomic E-state index is -0.267. The monoisotopic (exact) mass is 387 g/mol. The van der Waals surface area contributed by atoms with Crippen molar-refractivity contribution in [3.8, 4) is 22.8 Å². The molecule has 0 saturated heterocycles. The number of aryl methyl sites for hydroxylation is 1. The summed E-state index contributed by atoms with van der Waals surface area (Å²) in [7, 11) is 3.05. The molecule has 4 aromatic rings. The molecule has 146 valence electrons. The second kappa shape index (κ2) is 7.67. The highest BCUT2D eigenvalue weighted by atomic mass is 16.5. The highest BCUT2D eigenvalue weighted by molar-refractivity contribution is 6.06. The number of carbonyl (C=O) groups is 1. The van der Waals surface area contributed by atoms with E-state index in [0.717, 1.165) is 22.5 Å². The molecule has 4 rings (SSSR count). The van der Waals surface area contributed by atoms with Gasteiger partial charge in [-0.3, -0.25) is 4.79 Å². The van der Waals surface area contributed by atoms with Crippen molar-refractivity contribution < 1.29 is 14.3 Å². The average molecular weight is 387 g/mol. The summed E-state index contributed by atoms with van der Waals surface area (Å²) in [5.41, 5.74) is 5.01. The molecule has 0 spiro atoms. The Kier molecular flexibility index (Phi) is 4.91. The van der Waals surface area contributed by atoms with Crippen LogP contribution in [-0.4, -0.2) is 29.5 Å². The van der Waals surface area contributed by atoms with E-state index in [1.807, 2.05) is 60.1 Å². The Morgan fingerprint density at radius 1 is 1.00 bits per heavy atom. The number of pyridine rings is 1. The van der Waals surface area contributed by atoms with Crippen LogP contribution in [0.15, 0.2) is 67.0 Å². The van der Waals surface area contributed by atoms with Gasteiger partial charge in [-0.1, -0.05) is 24.3 Å². The summed E-state index contributed by atoms with van der Waals surface area (Å²) in [5.74, 6) is 0.652. The van der Waals surface area contributed by atoms with Gasteiger partial charge in [-0.2, -0.15) is 0 Å². The number of hydrogen-bond donors (Lipinski definition) is 1. The first-order valence-corrected chi connectivity index (χ1v) is 9.18. The third-order valence-corrected chi connectivity index (χ3v) is 4.76. The van der Waals surface area contributed by atoms with E-state index >= 15 is 0 Å². The minimum Gasteiger partial charge on any atom is -0.493 e. The Bertz CT molecular complexity index is 1180. The van der Waals surface area contributed by atoms with Crippen LogP contribution in [0.4, 0.5) is 5.69 Å². The summed E-state index contributed by atoms with van der Waals surface area (Å²) in [6.07, 6.45) is 3.98. The van der Waals surface area contributed by atoms with Crippen LogP contribution in [0.3, 0.4) is 0 Å². The van der Waals surface area contributed by atoms with Gasteiger partial charge >= 0.3 is 0 Å². The molecule has 0 aliphatic heterocycles. The summed E-state index contributed by atoms with van der Waals surface area (Å²) in [6.45, 7) is 2.04. The minimum absolute atomic E-state index is 0.267. The number of fused-ring (bicyclic) bond motifs is 1. The number of para-hydroxylation sites is 1. The van der Waals surface area contributed by atoms with Gasteiger partial charge < -0.3 is 19.2 Å². The molecule has 1 N–H and O–H groups in total. The predicted molar refractivity (Wildman–Crippen MR) is 113 cm³/mol. The summed E-state index contributed by atoms with van der Waals surface area (Å²) in [4.78, 5) is 17.4. The van der Waals surface area contributed by atoms with Gasteiger partial charge in [0.15, 0.2) is 11.5 Å². The van der Waals surface area contributed by atoms with E-state index in [2.05, 4.69) is 5.32 Å². The summed E-state index contributed by atoms with van der Waals surface area (Å²) in [5, 5.41) is 2.90. The third-order valence-electron chi connectivity index (χ3n) is 4.76. The number of nitrogens with one attached hydrogen (secondary N) is 1. The van der Waals surface area contributed by atoms with Crippen molar-refractivity contribution in [2.24, 2.45) is 0 Å². The number of rotatable bonds is 5. The number of imidazole rings is 1. The molecule has 2 heterocycles. The predicted octanol–water partition coefficient (Wildman–Crippen LogP) is 4.58. The molecule has 0 atom stereocenters. The maximum atomic E-state index is 12.7. The molecule has 0 aliphatic rings. The summed E-state index contributed by atoms with van der Waals surface area (Å²) < 4.78 is 12.6. The van der Waals surface area contributed by atoms with Crippen molar-refractivity contribution in [1.29, 1.82) is 0 Å². The fourth-order valence-corrected chi connectivity index (χ4v) is 3.28. The summed E-state index contributed by atoms with van der Waals surface area (Å²) >= 11 is 0. The van der Waals surface area contributed by atoms with Crippen LogP contribution >= 0.6 is 0 Å². The fraction of sp³-hybridized carbons (Fsp3) is 0.130. The average Bonchev–Trinajstić information content (AvgIpc) is 3.19. The van der Waals surface area contributed by atoms with Crippen molar-refractivity contribution >= 4 is 17.2 Å². The number of hydrogen-bond acceptors (Lipinski definition) is 4. The SMILES string of the molecule is COc1cccc(C(=O)Nc2ccc(-c3cn4cccc(C)c4n3)cc2)c1OC. The van der Waals surface area contributed by atoms with E-state index in [1.54, 1.807) is 25.3 Å². The zero-order valence-electron chi connectivity index (χ0n) is 16.5. The van der Waals surface area contributed by atoms with E-state index in [-0.39, 0.29) is 5.91 Å². The van der Waals surface area contributed by atoms with Crippen LogP contribution in [0.25, 0.3) is 16.9 Å². The molecule has 6 heteroatoms. The number of ether oxygens (including phenoxy) is 2. The molecular weight excluding hydrogens is 366 g/mol. The first kappa shape index (κ1) is 18.6. The van der Waals surface area contributed by atoms with Gasteiger partial charge in [0, 0.05) is 23.6 Å². The lowest BCUT2D eigenvalue weighted by Gasteiger charge is -2.12. The van der Waals surface area contributed by atoms with Gasteiger partial charge in [-0.05, 0) is 42.8 Å². The number of nitrogens with zero attached hydrogens (tertiary/aromatic N) is 2. The first-order valence-electron chi connectivity index (χ1n) is 9.18. The second-order valence-corrected chi connectivity index (χ2v) is 6.62. The van der Waals surface area contributed by atoms with Crippen LogP contribution < -0.4 is 14.8 Å². The van der Waals surface area contributed by atoms with E-state index in [1.165, 1.54) is 7.11 Å². The molecule has 1 amide bonds. The zero-order valence-corrected chi connectivity index (χ0v) is 16.5. The van der Waals surface area contributed by atoms with Crippen LogP contribution in [0, 0.1) is 6.92 Å². The van der Waals surface area contributed by atoms with Crippen molar-refractivity contribution in [3.63, 3.8) is 0 Å². The molecular formula is C23H21N3O3. The van der Waals surface area contributed by atoms with Gasteiger partial charge in [0.05, 0.1) is 25.5 Å². The van der Waals surface area contributed by atoms with Gasteiger partial charge in [0.1, 0.15) is 5.65 Å². The normalized spacial score (nSPS) is 10.7. The maximum absolute atomic E-state index is 12.7. The molecule has 2 aromatic carbocycles. The largest absolute Gasteiger partial charge is 0.493 e. The highest BCUT2D eigenvalue weighted by Gasteiger charge is 2.16. The van der Waals surface area contributed by atoms with Gasteiger partial charge in [0.25, 0.3) is 5.91 Å². The van der Waals surface area contributed by atoms with Crippen LogP contribution in [-0.2, 0) is 0 Å². The smallest absolute Gasteiger partial charge is 0.259 e. The van der Waals surface area contributed by atoms with Gasteiger partial charge in [0.2, 0.25) is 0 Å². The highest BCUT2D eigenvalue weighted by Crippen LogP contribution is 2.31. The molecule has 2 aromatic heterocycles. The van der Waals surface area contributed by atoms with Crippen molar-refractivity contribution in [1.82, 2.24) is 9.38 Å². The molecule has 29 heavy (non-hydrogen) atoms. The third kappa shape index (κ3) is 3.52. The maximum Gasteiger partial charge on any atom is 0.259 e. The quantitative estimate of drug-likeness (QED) is 0.544. The Morgan fingerprint density at radius 3 is 2.48 bits per heavy atom. The molecule has 0 radical (unpaired) electrons. The Morgan fingerprint density at radius 2 is 1.79 bits per heavy atom. The molecule has 0 fully saturated rings. The van der Waals surface area contributed by atoms with E-state index in [9.17, 15) is 4.79 Å². The molecule has 6 nitrogen and oxygen atoms in total. The number of aromatic nitrogens is 2. The first-order chi connectivity index (χ1) is 14.1. The second-order valence-electron chi connectivity index (χ2n) is 6.62. The number of anilines is 1. The Balaban J connectivity index is 1.57. The lowest BCUT2D eigenvalue weighted by molar-refractivity contribution is 0.102. The standard InChI is InChI=1S/C23H21N3O3/c1-15-6-5-13-26-14-19(25-22(15)26)16-9-11-17(12-10-16)24-23(27)18-7-4-8-20(28-2)21(18)29-3/h4-14H,1-3H3,(H,24,27). The fourth-order valence-electron chi connectivity index (χ4n) is 3.28. The number of amides is 1. The van der Waals surface area contributed by atoms with Crippen molar-refractivity contribution in [3.05, 3.63) is 78.1 Å². The van der Waals surface area contributed by atoms with Crippen LogP contribution in [0.2, 0.25) is 0 Å². The number of methoxy groups -OCH3 is 2. The van der Waals surface area contributed by atoms with E-state index in [4.69, 9.17) is 14.5 Å². The molecule has 0 bridgehead atoms. The van der Waals surface area contributed by atoms with Gasteiger partial charge in [-0.25, -0.2) is 4.98 Å². The topological polar surface area (TPSA) is 64.9 Å². The van der Waals surface area contributed by atoms with Crippen LogP contribution in [0.1, 0.15) is 15.9 Å². The van der Waals surface area contributed by atoms with E-state index in [0.29, 0.717) is 22.7 Å². The molecule has 0 unspecified atom stereocenters. The van der Waals surface area contributed by atoms with Crippen molar-refractivity contribution in [2.45, 2.75) is 6.92 Å².